The summed E-state index contributed by atoms with van der Waals surface area (Å²) in [4.78, 5) is 37.4. The van der Waals surface area contributed by atoms with E-state index in [2.05, 4.69) is 21.2 Å². The molecule has 3 amide bonds. The number of para-hydroxylation sites is 1. The third-order valence-corrected chi connectivity index (χ3v) is 5.13. The SMILES string of the molecule is Cc1ccc(NC(=O)c2ccccc2NC(=O)C(=O)N/N=C/c2cccc3ccccc23)cc1. The van der Waals surface area contributed by atoms with Gasteiger partial charge >= 0.3 is 11.8 Å². The molecule has 0 unspecified atom stereocenters. The molecule has 4 aromatic carbocycles. The second-order valence-corrected chi connectivity index (χ2v) is 7.59. The molecule has 0 fully saturated rings. The fourth-order valence-electron chi connectivity index (χ4n) is 3.38. The smallest absolute Gasteiger partial charge is 0.322 e. The molecule has 7 heteroatoms. The van der Waals surface area contributed by atoms with Crippen molar-refractivity contribution in [2.45, 2.75) is 6.92 Å². The molecule has 7 nitrogen and oxygen atoms in total. The highest BCUT2D eigenvalue weighted by Crippen LogP contribution is 2.18. The number of hydrazone groups is 1. The zero-order chi connectivity index (χ0) is 23.9. The Morgan fingerprint density at radius 1 is 0.735 bits per heavy atom. The van der Waals surface area contributed by atoms with Crippen molar-refractivity contribution in [2.75, 3.05) is 10.6 Å². The number of anilines is 2. The minimum atomic E-state index is -0.953. The molecule has 0 atom stereocenters. The Bertz CT molecular complexity index is 1390. The predicted molar refractivity (Wildman–Crippen MR) is 134 cm³/mol. The van der Waals surface area contributed by atoms with Gasteiger partial charge < -0.3 is 10.6 Å². The number of nitrogens with one attached hydrogen (secondary N) is 3. The first-order valence-corrected chi connectivity index (χ1v) is 10.6. The molecular weight excluding hydrogens is 428 g/mol. The van der Waals surface area contributed by atoms with Crippen LogP contribution in [0.15, 0.2) is 96.1 Å². The van der Waals surface area contributed by atoms with Crippen molar-refractivity contribution in [1.82, 2.24) is 5.43 Å². The van der Waals surface area contributed by atoms with E-state index in [9.17, 15) is 14.4 Å². The van der Waals surface area contributed by atoms with E-state index in [4.69, 9.17) is 0 Å². The minimum absolute atomic E-state index is 0.213. The van der Waals surface area contributed by atoms with Crippen molar-refractivity contribution in [3.05, 3.63) is 108 Å². The van der Waals surface area contributed by atoms with E-state index < -0.39 is 17.7 Å². The Morgan fingerprint density at radius 2 is 1.44 bits per heavy atom. The summed E-state index contributed by atoms with van der Waals surface area (Å²) in [5, 5.41) is 11.2. The first-order valence-electron chi connectivity index (χ1n) is 10.6. The second kappa shape index (κ2) is 10.2. The summed E-state index contributed by atoms with van der Waals surface area (Å²) in [6.45, 7) is 1.95. The lowest BCUT2D eigenvalue weighted by molar-refractivity contribution is -0.136. The first-order chi connectivity index (χ1) is 16.5. The lowest BCUT2D eigenvalue weighted by Crippen LogP contribution is -2.33. The van der Waals surface area contributed by atoms with Crippen LogP contribution in [0.25, 0.3) is 10.8 Å². The van der Waals surface area contributed by atoms with Crippen molar-refractivity contribution in [3.63, 3.8) is 0 Å². The summed E-state index contributed by atoms with van der Waals surface area (Å²) < 4.78 is 0. The van der Waals surface area contributed by atoms with Gasteiger partial charge in [0.2, 0.25) is 0 Å². The monoisotopic (exact) mass is 450 g/mol. The molecular formula is C27H22N4O3. The van der Waals surface area contributed by atoms with Crippen LogP contribution in [-0.4, -0.2) is 23.9 Å². The quantitative estimate of drug-likeness (QED) is 0.237. The van der Waals surface area contributed by atoms with E-state index in [1.807, 2.05) is 61.5 Å². The number of aryl methyl sites for hydroxylation is 1. The molecule has 0 radical (unpaired) electrons. The summed E-state index contributed by atoms with van der Waals surface area (Å²) >= 11 is 0. The van der Waals surface area contributed by atoms with E-state index in [1.54, 1.807) is 36.4 Å². The summed E-state index contributed by atoms with van der Waals surface area (Å²) in [7, 11) is 0. The highest BCUT2D eigenvalue weighted by Gasteiger charge is 2.17. The van der Waals surface area contributed by atoms with E-state index in [0.29, 0.717) is 5.69 Å². The summed E-state index contributed by atoms with van der Waals surface area (Å²) in [6, 6.07) is 27.3. The van der Waals surface area contributed by atoms with Crippen LogP contribution in [0.2, 0.25) is 0 Å². The van der Waals surface area contributed by atoms with E-state index in [-0.39, 0.29) is 11.3 Å². The van der Waals surface area contributed by atoms with Crippen molar-refractivity contribution < 1.29 is 14.4 Å². The molecule has 0 saturated heterocycles. The van der Waals surface area contributed by atoms with Crippen molar-refractivity contribution in [1.29, 1.82) is 0 Å². The molecule has 0 aromatic heterocycles. The predicted octanol–water partition coefficient (Wildman–Crippen LogP) is 4.49. The van der Waals surface area contributed by atoms with Gasteiger partial charge in [-0.15, -0.1) is 0 Å². The Kier molecular flexibility index (Phi) is 6.74. The van der Waals surface area contributed by atoms with Gasteiger partial charge in [-0.2, -0.15) is 5.10 Å². The number of fused-ring (bicyclic) bond motifs is 1. The Balaban J connectivity index is 1.41. The molecule has 0 aliphatic rings. The lowest BCUT2D eigenvalue weighted by Gasteiger charge is -2.11. The molecule has 0 heterocycles. The van der Waals surface area contributed by atoms with Gasteiger partial charge in [0, 0.05) is 11.3 Å². The van der Waals surface area contributed by atoms with Crippen molar-refractivity contribution in [2.24, 2.45) is 5.10 Å². The van der Waals surface area contributed by atoms with Crippen LogP contribution in [-0.2, 0) is 9.59 Å². The fraction of sp³-hybridized carbons (Fsp3) is 0.0370. The summed E-state index contributed by atoms with van der Waals surface area (Å²) in [5.41, 5.74) is 5.16. The van der Waals surface area contributed by atoms with Crippen LogP contribution in [0.5, 0.6) is 0 Å². The number of amides is 3. The van der Waals surface area contributed by atoms with Crippen LogP contribution < -0.4 is 16.1 Å². The summed E-state index contributed by atoms with van der Waals surface area (Å²) in [5.74, 6) is -2.30. The standard InChI is InChI=1S/C27H22N4O3/c1-18-13-15-21(16-14-18)29-25(32)23-11-4-5-12-24(23)30-26(33)27(34)31-28-17-20-9-6-8-19-7-2-3-10-22(19)20/h2-17H,1H3,(H,29,32)(H,30,33)(H,31,34)/b28-17+. The molecule has 0 saturated carbocycles. The van der Waals surface area contributed by atoms with Crippen LogP contribution >= 0.6 is 0 Å². The molecule has 4 aromatic rings. The highest BCUT2D eigenvalue weighted by atomic mass is 16.2. The average Bonchev–Trinajstić information content (AvgIpc) is 2.85. The number of hydrogen-bond acceptors (Lipinski definition) is 4. The van der Waals surface area contributed by atoms with Crippen LogP contribution in [0, 0.1) is 6.92 Å². The number of nitrogens with zero attached hydrogens (tertiary/aromatic N) is 1. The third kappa shape index (κ3) is 5.34. The van der Waals surface area contributed by atoms with Gasteiger partial charge in [0.25, 0.3) is 5.91 Å². The zero-order valence-corrected chi connectivity index (χ0v) is 18.4. The first kappa shape index (κ1) is 22.4. The van der Waals surface area contributed by atoms with Gasteiger partial charge in [-0.05, 0) is 42.0 Å². The number of carbonyl (C=O) groups excluding carboxylic acids is 3. The number of rotatable bonds is 5. The van der Waals surface area contributed by atoms with Gasteiger partial charge in [-0.1, -0.05) is 72.3 Å². The maximum absolute atomic E-state index is 12.7. The zero-order valence-electron chi connectivity index (χ0n) is 18.4. The van der Waals surface area contributed by atoms with E-state index >= 15 is 0 Å². The van der Waals surface area contributed by atoms with E-state index in [1.165, 1.54) is 6.21 Å². The molecule has 34 heavy (non-hydrogen) atoms. The van der Waals surface area contributed by atoms with Gasteiger partial charge in [0.15, 0.2) is 0 Å². The molecule has 0 spiro atoms. The van der Waals surface area contributed by atoms with Crippen LogP contribution in [0.1, 0.15) is 21.5 Å². The highest BCUT2D eigenvalue weighted by molar-refractivity contribution is 6.40. The largest absolute Gasteiger partial charge is 0.329 e. The molecule has 0 aliphatic carbocycles. The van der Waals surface area contributed by atoms with E-state index in [0.717, 1.165) is 21.9 Å². The maximum atomic E-state index is 12.7. The number of benzene rings is 4. The minimum Gasteiger partial charge on any atom is -0.322 e. The molecule has 0 aliphatic heterocycles. The maximum Gasteiger partial charge on any atom is 0.329 e. The van der Waals surface area contributed by atoms with Gasteiger partial charge in [0.05, 0.1) is 17.5 Å². The Labute approximate surface area is 196 Å². The Hall–Kier alpha value is -4.78. The average molecular weight is 450 g/mol. The number of hydrogen-bond donors (Lipinski definition) is 3. The second-order valence-electron chi connectivity index (χ2n) is 7.59. The van der Waals surface area contributed by atoms with Crippen molar-refractivity contribution in [3.8, 4) is 0 Å². The fourth-order valence-corrected chi connectivity index (χ4v) is 3.38. The topological polar surface area (TPSA) is 99.7 Å². The molecule has 3 N–H and O–H groups in total. The molecule has 0 bridgehead atoms. The third-order valence-electron chi connectivity index (χ3n) is 5.13. The van der Waals surface area contributed by atoms with Gasteiger partial charge in [0.1, 0.15) is 0 Å². The summed E-state index contributed by atoms with van der Waals surface area (Å²) in [6.07, 6.45) is 1.48. The molecule has 168 valence electrons. The lowest BCUT2D eigenvalue weighted by atomic mass is 10.1. The van der Waals surface area contributed by atoms with Gasteiger partial charge in [-0.25, -0.2) is 5.43 Å². The van der Waals surface area contributed by atoms with Crippen molar-refractivity contribution >= 4 is 46.1 Å². The number of carbonyl (C=O) groups is 3. The normalized spacial score (nSPS) is 10.7. The Morgan fingerprint density at radius 3 is 2.26 bits per heavy atom. The van der Waals surface area contributed by atoms with Crippen LogP contribution in [0.4, 0.5) is 11.4 Å². The van der Waals surface area contributed by atoms with Crippen LogP contribution in [0.3, 0.4) is 0 Å². The van der Waals surface area contributed by atoms with Gasteiger partial charge in [-0.3, -0.25) is 14.4 Å². The molecule has 4 rings (SSSR count).